The largest absolute Gasteiger partial charge is 0.491 e. The van der Waals surface area contributed by atoms with Crippen molar-refractivity contribution in [2.24, 2.45) is 0 Å². The molecule has 2 N–H and O–H groups in total. The summed E-state index contributed by atoms with van der Waals surface area (Å²) in [6.07, 6.45) is 0.751. The molecule has 5 heteroatoms. The van der Waals surface area contributed by atoms with Gasteiger partial charge in [-0.25, -0.2) is 0 Å². The Morgan fingerprint density at radius 3 is 2.50 bits per heavy atom. The Kier molecular flexibility index (Phi) is 5.39. The van der Waals surface area contributed by atoms with Gasteiger partial charge in [0.1, 0.15) is 5.75 Å². The van der Waals surface area contributed by atoms with E-state index in [1.807, 2.05) is 13.8 Å². The molecule has 0 radical (unpaired) electrons. The summed E-state index contributed by atoms with van der Waals surface area (Å²) in [5, 5.41) is 0. The molecular formula is C15H24N2O3. The van der Waals surface area contributed by atoms with E-state index >= 15 is 0 Å². The lowest BCUT2D eigenvalue weighted by atomic mass is 10.1. The maximum atomic E-state index is 11.8. The highest BCUT2D eigenvalue weighted by Crippen LogP contribution is 2.24. The smallest absolute Gasteiger partial charge is 0.253 e. The zero-order valence-corrected chi connectivity index (χ0v) is 12.9. The second kappa shape index (κ2) is 6.61. The van der Waals surface area contributed by atoms with Gasteiger partial charge in [0.2, 0.25) is 0 Å². The Morgan fingerprint density at radius 1 is 1.35 bits per heavy atom. The maximum Gasteiger partial charge on any atom is 0.253 e. The highest BCUT2D eigenvalue weighted by molar-refractivity contribution is 5.95. The van der Waals surface area contributed by atoms with E-state index in [2.05, 4.69) is 0 Å². The quantitative estimate of drug-likeness (QED) is 0.811. The molecular weight excluding hydrogens is 256 g/mol. The van der Waals surface area contributed by atoms with E-state index in [0.717, 1.165) is 6.42 Å². The fourth-order valence-electron chi connectivity index (χ4n) is 1.58. The van der Waals surface area contributed by atoms with Crippen molar-refractivity contribution in [2.45, 2.75) is 25.9 Å². The molecule has 0 aliphatic rings. The normalized spacial score (nSPS) is 11.2. The molecule has 0 saturated carbocycles. The topological polar surface area (TPSA) is 64.8 Å². The van der Waals surface area contributed by atoms with Crippen LogP contribution in [0.4, 0.5) is 5.69 Å². The van der Waals surface area contributed by atoms with E-state index < -0.39 is 0 Å². The van der Waals surface area contributed by atoms with Crippen LogP contribution < -0.4 is 10.5 Å². The molecule has 0 fully saturated rings. The van der Waals surface area contributed by atoms with E-state index in [-0.39, 0.29) is 11.5 Å². The van der Waals surface area contributed by atoms with E-state index in [9.17, 15) is 4.79 Å². The van der Waals surface area contributed by atoms with Crippen LogP contribution in [0.15, 0.2) is 18.2 Å². The Hall–Kier alpha value is -1.75. The Morgan fingerprint density at radius 2 is 2.00 bits per heavy atom. The fraction of sp³-hybridized carbons (Fsp3) is 0.533. The lowest BCUT2D eigenvalue weighted by molar-refractivity contribution is 0.00551. The number of nitrogens with zero attached hydrogens (tertiary/aromatic N) is 1. The lowest BCUT2D eigenvalue weighted by Crippen LogP contribution is -2.25. The van der Waals surface area contributed by atoms with Crippen molar-refractivity contribution in [1.82, 2.24) is 4.90 Å². The van der Waals surface area contributed by atoms with Gasteiger partial charge in [-0.3, -0.25) is 4.79 Å². The number of nitrogen functional groups attached to an aromatic ring is 1. The molecule has 0 bridgehead atoms. The number of rotatable bonds is 6. The van der Waals surface area contributed by atoms with Gasteiger partial charge < -0.3 is 20.1 Å². The van der Waals surface area contributed by atoms with E-state index in [1.165, 1.54) is 4.90 Å². The first-order chi connectivity index (χ1) is 9.26. The third-order valence-electron chi connectivity index (χ3n) is 3.18. The van der Waals surface area contributed by atoms with Gasteiger partial charge in [-0.1, -0.05) is 0 Å². The van der Waals surface area contributed by atoms with Crippen molar-refractivity contribution in [3.8, 4) is 5.75 Å². The number of anilines is 1. The van der Waals surface area contributed by atoms with Crippen LogP contribution in [-0.4, -0.2) is 44.2 Å². The maximum absolute atomic E-state index is 11.8. The molecule has 1 aromatic carbocycles. The number of methoxy groups -OCH3 is 1. The van der Waals surface area contributed by atoms with Crippen molar-refractivity contribution in [1.29, 1.82) is 0 Å². The summed E-state index contributed by atoms with van der Waals surface area (Å²) < 4.78 is 11.0. The summed E-state index contributed by atoms with van der Waals surface area (Å²) in [6, 6.07) is 5.08. The third-order valence-corrected chi connectivity index (χ3v) is 3.18. The van der Waals surface area contributed by atoms with Crippen LogP contribution in [0.2, 0.25) is 0 Å². The van der Waals surface area contributed by atoms with Crippen LogP contribution in [0, 0.1) is 0 Å². The van der Waals surface area contributed by atoms with Crippen LogP contribution in [0.25, 0.3) is 0 Å². The highest BCUT2D eigenvalue weighted by Gasteiger charge is 2.16. The molecule has 5 nitrogen and oxygen atoms in total. The highest BCUT2D eigenvalue weighted by atomic mass is 16.5. The zero-order valence-electron chi connectivity index (χ0n) is 12.9. The molecule has 0 spiro atoms. The van der Waals surface area contributed by atoms with Crippen molar-refractivity contribution in [2.75, 3.05) is 33.5 Å². The Labute approximate surface area is 120 Å². The molecule has 0 atom stereocenters. The predicted molar refractivity (Wildman–Crippen MR) is 80.1 cm³/mol. The van der Waals surface area contributed by atoms with Crippen molar-refractivity contribution in [3.63, 3.8) is 0 Å². The summed E-state index contributed by atoms with van der Waals surface area (Å²) in [5.41, 5.74) is 6.71. The number of hydrogen-bond donors (Lipinski definition) is 1. The molecule has 0 unspecified atom stereocenters. The van der Waals surface area contributed by atoms with Crippen molar-refractivity contribution >= 4 is 11.6 Å². The minimum Gasteiger partial charge on any atom is -0.491 e. The summed E-state index contributed by atoms with van der Waals surface area (Å²) in [7, 11) is 5.08. The predicted octanol–water partition coefficient (Wildman–Crippen LogP) is 2.16. The first kappa shape index (κ1) is 16.3. The van der Waals surface area contributed by atoms with Gasteiger partial charge >= 0.3 is 0 Å². The van der Waals surface area contributed by atoms with Crippen molar-refractivity contribution < 1.29 is 14.3 Å². The minimum atomic E-state index is -0.227. The second-order valence-electron chi connectivity index (χ2n) is 5.51. The fourth-order valence-corrected chi connectivity index (χ4v) is 1.58. The molecule has 0 heterocycles. The van der Waals surface area contributed by atoms with E-state index in [0.29, 0.717) is 23.6 Å². The van der Waals surface area contributed by atoms with Gasteiger partial charge in [-0.15, -0.1) is 0 Å². The number of carbonyl (C=O) groups excluding carboxylic acids is 1. The minimum absolute atomic E-state index is 0.0798. The molecule has 0 saturated heterocycles. The zero-order chi connectivity index (χ0) is 15.3. The molecule has 1 amide bonds. The number of nitrogens with two attached hydrogens (primary N) is 1. The molecule has 0 aromatic heterocycles. The van der Waals surface area contributed by atoms with Gasteiger partial charge in [-0.05, 0) is 32.0 Å². The Balaban J connectivity index is 2.67. The number of carbonyl (C=O) groups is 1. The molecule has 0 aliphatic heterocycles. The van der Waals surface area contributed by atoms with Crippen LogP contribution in [-0.2, 0) is 4.74 Å². The van der Waals surface area contributed by atoms with Crippen LogP contribution in [0.1, 0.15) is 30.6 Å². The first-order valence-electron chi connectivity index (χ1n) is 6.56. The standard InChI is InChI=1S/C15H24N2O3/c1-15(2,19-5)8-9-20-13-7-6-11(10-12(13)16)14(18)17(3)4/h6-7,10H,8-9,16H2,1-5H3. The molecule has 112 valence electrons. The lowest BCUT2D eigenvalue weighted by Gasteiger charge is -2.23. The summed E-state index contributed by atoms with van der Waals surface area (Å²) in [6.45, 7) is 4.50. The second-order valence-corrected chi connectivity index (χ2v) is 5.51. The summed E-state index contributed by atoms with van der Waals surface area (Å²) in [5.74, 6) is 0.510. The Bertz CT molecular complexity index is 470. The molecule has 1 rings (SSSR count). The van der Waals surface area contributed by atoms with Crippen molar-refractivity contribution in [3.05, 3.63) is 23.8 Å². The van der Waals surface area contributed by atoms with E-state index in [4.69, 9.17) is 15.2 Å². The summed E-state index contributed by atoms with van der Waals surface area (Å²) in [4.78, 5) is 13.3. The summed E-state index contributed by atoms with van der Waals surface area (Å²) >= 11 is 0. The number of amides is 1. The molecule has 20 heavy (non-hydrogen) atoms. The average Bonchev–Trinajstić information content (AvgIpc) is 2.39. The van der Waals surface area contributed by atoms with E-state index in [1.54, 1.807) is 39.4 Å². The van der Waals surface area contributed by atoms with Gasteiger partial charge in [0.05, 0.1) is 17.9 Å². The third kappa shape index (κ3) is 4.42. The van der Waals surface area contributed by atoms with Crippen LogP contribution in [0.3, 0.4) is 0 Å². The number of benzene rings is 1. The number of ether oxygens (including phenoxy) is 2. The molecule has 1 aromatic rings. The van der Waals surface area contributed by atoms with Crippen LogP contribution >= 0.6 is 0 Å². The van der Waals surface area contributed by atoms with Gasteiger partial charge in [0.25, 0.3) is 5.91 Å². The first-order valence-corrected chi connectivity index (χ1v) is 6.56. The van der Waals surface area contributed by atoms with Gasteiger partial charge in [0, 0.05) is 33.2 Å². The SMILES string of the molecule is COC(C)(C)CCOc1ccc(C(=O)N(C)C)cc1N. The number of hydrogen-bond acceptors (Lipinski definition) is 4. The van der Waals surface area contributed by atoms with Gasteiger partial charge in [0.15, 0.2) is 0 Å². The average molecular weight is 280 g/mol. The van der Waals surface area contributed by atoms with Crippen LogP contribution in [0.5, 0.6) is 5.75 Å². The monoisotopic (exact) mass is 280 g/mol. The van der Waals surface area contributed by atoms with Gasteiger partial charge in [-0.2, -0.15) is 0 Å². The molecule has 0 aliphatic carbocycles.